The molecule has 6 nitrogen and oxygen atoms in total. The summed E-state index contributed by atoms with van der Waals surface area (Å²) < 4.78 is 9.27. The molecule has 0 aromatic heterocycles. The van der Waals surface area contributed by atoms with Gasteiger partial charge in [-0.3, -0.25) is 0 Å². The summed E-state index contributed by atoms with van der Waals surface area (Å²) >= 11 is 0. The maximum Gasteiger partial charge on any atom is 0.506 e. The second-order valence-corrected chi connectivity index (χ2v) is 3.65. The van der Waals surface area contributed by atoms with E-state index in [1.54, 1.807) is 0 Å². The highest BCUT2D eigenvalue weighted by Gasteiger charge is 2.49. The Hall–Kier alpha value is -1.72. The van der Waals surface area contributed by atoms with Crippen LogP contribution in [0, 0.1) is 11.8 Å². The van der Waals surface area contributed by atoms with Crippen LogP contribution < -0.4 is 0 Å². The zero-order chi connectivity index (χ0) is 11.0. The lowest BCUT2D eigenvalue weighted by molar-refractivity contribution is -0.0440. The summed E-state index contributed by atoms with van der Waals surface area (Å²) in [5.74, 6) is -0.120. The minimum absolute atomic E-state index is 0.0598. The second-order valence-electron chi connectivity index (χ2n) is 3.65. The summed E-state index contributed by atoms with van der Waals surface area (Å²) in [6.07, 6.45) is 0.178. The molecule has 1 saturated carbocycles. The highest BCUT2D eigenvalue weighted by molar-refractivity contribution is 5.59. The Morgan fingerprint density at radius 1 is 1.00 bits per heavy atom. The molecule has 0 aromatic carbocycles. The van der Waals surface area contributed by atoms with Gasteiger partial charge in [-0.25, -0.2) is 9.59 Å². The standard InChI is InChI=1S/C9H10O6/c10-8(11)14-6-4-1-2-5(3-4)7(6)15-9(12)13/h1-2,4-7H,3H2,(H,10,11)(H,12,13). The van der Waals surface area contributed by atoms with E-state index in [4.69, 9.17) is 10.2 Å². The van der Waals surface area contributed by atoms with Gasteiger partial charge in [0.1, 0.15) is 12.2 Å². The van der Waals surface area contributed by atoms with Crippen molar-refractivity contribution >= 4 is 12.3 Å². The van der Waals surface area contributed by atoms with Crippen LogP contribution >= 0.6 is 0 Å². The minimum atomic E-state index is -1.40. The van der Waals surface area contributed by atoms with E-state index in [0.717, 1.165) is 0 Å². The van der Waals surface area contributed by atoms with Crippen LogP contribution in [0.25, 0.3) is 0 Å². The molecule has 0 heterocycles. The lowest BCUT2D eigenvalue weighted by Gasteiger charge is -2.25. The van der Waals surface area contributed by atoms with Crippen molar-refractivity contribution in [1.82, 2.24) is 0 Å². The number of carbonyl (C=O) groups is 2. The predicted octanol–water partition coefficient (Wildman–Crippen LogP) is 1.32. The van der Waals surface area contributed by atoms with Gasteiger partial charge in [-0.15, -0.1) is 0 Å². The van der Waals surface area contributed by atoms with Gasteiger partial charge in [0.15, 0.2) is 0 Å². The zero-order valence-corrected chi connectivity index (χ0v) is 7.70. The third-order valence-corrected chi connectivity index (χ3v) is 2.79. The van der Waals surface area contributed by atoms with Crippen LogP contribution in [-0.2, 0) is 9.47 Å². The fraction of sp³-hybridized carbons (Fsp3) is 0.556. The maximum absolute atomic E-state index is 10.4. The molecule has 0 aliphatic heterocycles. The molecule has 15 heavy (non-hydrogen) atoms. The number of hydrogen-bond acceptors (Lipinski definition) is 4. The topological polar surface area (TPSA) is 93.1 Å². The third-order valence-electron chi connectivity index (χ3n) is 2.79. The molecule has 0 aromatic rings. The summed E-state index contributed by atoms with van der Waals surface area (Å²) in [4.78, 5) is 20.8. The van der Waals surface area contributed by atoms with Crippen LogP contribution in [0.15, 0.2) is 12.2 Å². The molecule has 2 aliphatic carbocycles. The van der Waals surface area contributed by atoms with Crippen molar-refractivity contribution in [3.63, 3.8) is 0 Å². The summed E-state index contributed by atoms with van der Waals surface area (Å²) in [6, 6.07) is 0. The number of hydrogen-bond donors (Lipinski definition) is 2. The summed E-state index contributed by atoms with van der Waals surface area (Å²) in [5, 5.41) is 17.0. The van der Waals surface area contributed by atoms with E-state index in [-0.39, 0.29) is 11.8 Å². The molecule has 2 N–H and O–H groups in total. The van der Waals surface area contributed by atoms with Crippen molar-refractivity contribution in [2.45, 2.75) is 18.6 Å². The number of carboxylic acid groups (broad SMARTS) is 2. The largest absolute Gasteiger partial charge is 0.506 e. The normalized spacial score (nSPS) is 36.5. The molecule has 4 atom stereocenters. The van der Waals surface area contributed by atoms with E-state index < -0.39 is 24.5 Å². The Morgan fingerprint density at radius 2 is 1.40 bits per heavy atom. The van der Waals surface area contributed by atoms with Crippen molar-refractivity contribution in [2.75, 3.05) is 0 Å². The monoisotopic (exact) mass is 214 g/mol. The highest BCUT2D eigenvalue weighted by atomic mass is 16.7. The fourth-order valence-electron chi connectivity index (χ4n) is 2.27. The van der Waals surface area contributed by atoms with Crippen molar-refractivity contribution in [2.24, 2.45) is 11.8 Å². The minimum Gasteiger partial charge on any atom is -0.450 e. The Labute approximate surface area is 85.1 Å². The van der Waals surface area contributed by atoms with Gasteiger partial charge in [-0.05, 0) is 6.42 Å². The lowest BCUT2D eigenvalue weighted by atomic mass is 10.0. The van der Waals surface area contributed by atoms with Crippen molar-refractivity contribution in [3.8, 4) is 0 Å². The van der Waals surface area contributed by atoms with Crippen molar-refractivity contribution in [1.29, 1.82) is 0 Å². The molecule has 4 unspecified atom stereocenters. The van der Waals surface area contributed by atoms with E-state index in [1.807, 2.05) is 12.2 Å². The first kappa shape index (κ1) is 9.82. The van der Waals surface area contributed by atoms with Crippen molar-refractivity contribution < 1.29 is 29.3 Å². The fourth-order valence-corrected chi connectivity index (χ4v) is 2.27. The van der Waals surface area contributed by atoms with Gasteiger partial charge in [-0.2, -0.15) is 0 Å². The number of fused-ring (bicyclic) bond motifs is 2. The molecule has 0 amide bonds. The average Bonchev–Trinajstić information content (AvgIpc) is 2.67. The van der Waals surface area contributed by atoms with Gasteiger partial charge < -0.3 is 19.7 Å². The smallest absolute Gasteiger partial charge is 0.450 e. The van der Waals surface area contributed by atoms with Gasteiger partial charge in [0.2, 0.25) is 0 Å². The van der Waals surface area contributed by atoms with Crippen molar-refractivity contribution in [3.05, 3.63) is 12.2 Å². The maximum atomic E-state index is 10.4. The lowest BCUT2D eigenvalue weighted by Crippen LogP contribution is -2.37. The second kappa shape index (κ2) is 3.45. The first-order chi connectivity index (χ1) is 7.08. The number of rotatable bonds is 2. The molecule has 1 fully saturated rings. The van der Waals surface area contributed by atoms with Crippen LogP contribution in [0.5, 0.6) is 0 Å². The molecule has 82 valence electrons. The summed E-state index contributed by atoms with van der Waals surface area (Å²) in [7, 11) is 0. The first-order valence-electron chi connectivity index (χ1n) is 4.55. The number of ether oxygens (including phenoxy) is 2. The predicted molar refractivity (Wildman–Crippen MR) is 46.5 cm³/mol. The average molecular weight is 214 g/mol. The Balaban J connectivity index is 2.09. The molecule has 2 bridgehead atoms. The molecule has 6 heteroatoms. The van der Waals surface area contributed by atoms with Crippen LogP contribution in [0.1, 0.15) is 6.42 Å². The van der Waals surface area contributed by atoms with E-state index in [2.05, 4.69) is 9.47 Å². The van der Waals surface area contributed by atoms with E-state index in [9.17, 15) is 9.59 Å². The van der Waals surface area contributed by atoms with Crippen LogP contribution in [-0.4, -0.2) is 34.7 Å². The Kier molecular flexibility index (Phi) is 2.26. The molecule has 0 spiro atoms. The first-order valence-corrected chi connectivity index (χ1v) is 4.55. The van der Waals surface area contributed by atoms with Gasteiger partial charge >= 0.3 is 12.3 Å². The Bertz CT molecular complexity index is 293. The summed E-state index contributed by atoms with van der Waals surface area (Å²) in [5.41, 5.74) is 0. The quantitative estimate of drug-likeness (QED) is 0.531. The van der Waals surface area contributed by atoms with Crippen LogP contribution in [0.2, 0.25) is 0 Å². The SMILES string of the molecule is O=C(O)OC1C2C=CC(C2)C1OC(=O)O. The van der Waals surface area contributed by atoms with E-state index >= 15 is 0 Å². The van der Waals surface area contributed by atoms with E-state index in [0.29, 0.717) is 6.42 Å². The zero-order valence-electron chi connectivity index (χ0n) is 7.70. The van der Waals surface area contributed by atoms with Gasteiger partial charge in [-0.1, -0.05) is 12.2 Å². The van der Waals surface area contributed by atoms with Crippen LogP contribution in [0.3, 0.4) is 0 Å². The highest BCUT2D eigenvalue weighted by Crippen LogP contribution is 2.42. The molecule has 0 radical (unpaired) electrons. The van der Waals surface area contributed by atoms with E-state index in [1.165, 1.54) is 0 Å². The van der Waals surface area contributed by atoms with Crippen LogP contribution in [0.4, 0.5) is 9.59 Å². The molecule has 2 aliphatic rings. The molecular formula is C9H10O6. The third kappa shape index (κ3) is 1.74. The van der Waals surface area contributed by atoms with Gasteiger partial charge in [0.05, 0.1) is 0 Å². The molecular weight excluding hydrogens is 204 g/mol. The molecule has 2 rings (SSSR count). The van der Waals surface area contributed by atoms with Gasteiger partial charge in [0.25, 0.3) is 0 Å². The Morgan fingerprint density at radius 3 is 1.73 bits per heavy atom. The van der Waals surface area contributed by atoms with Gasteiger partial charge in [0, 0.05) is 11.8 Å². The summed E-state index contributed by atoms with van der Waals surface area (Å²) in [6.45, 7) is 0. The molecule has 0 saturated heterocycles.